The van der Waals surface area contributed by atoms with Gasteiger partial charge < -0.3 is 4.90 Å². The Morgan fingerprint density at radius 2 is 1.84 bits per heavy atom. The fourth-order valence-electron chi connectivity index (χ4n) is 3.43. The standard InChI is InChI=1S/C15H17Br2NO/c16-12-4-5-13(14(17)7-12)15(19)18-8-10-2-1-3-11(6-10)9-18/h4-5,7,10-11H,1-3,6,8-9H2. The molecule has 0 radical (unpaired) electrons. The number of carbonyl (C=O) groups excluding carboxylic acids is 1. The van der Waals surface area contributed by atoms with Gasteiger partial charge in [0.2, 0.25) is 0 Å². The van der Waals surface area contributed by atoms with E-state index in [1.807, 2.05) is 18.2 Å². The molecule has 3 rings (SSSR count). The quantitative estimate of drug-likeness (QED) is 0.696. The van der Waals surface area contributed by atoms with Crippen LogP contribution in [0.15, 0.2) is 27.1 Å². The second-order valence-corrected chi connectivity index (χ2v) is 7.50. The molecule has 1 aliphatic carbocycles. The van der Waals surface area contributed by atoms with E-state index in [1.165, 1.54) is 25.7 Å². The summed E-state index contributed by atoms with van der Waals surface area (Å²) < 4.78 is 1.87. The molecule has 2 nitrogen and oxygen atoms in total. The lowest BCUT2D eigenvalue weighted by molar-refractivity contribution is 0.0503. The molecule has 1 saturated heterocycles. The van der Waals surface area contributed by atoms with Gasteiger partial charge in [0.15, 0.2) is 0 Å². The number of hydrogen-bond donors (Lipinski definition) is 0. The van der Waals surface area contributed by atoms with E-state index in [1.54, 1.807) is 0 Å². The number of hydrogen-bond acceptors (Lipinski definition) is 1. The summed E-state index contributed by atoms with van der Waals surface area (Å²) in [4.78, 5) is 14.7. The van der Waals surface area contributed by atoms with E-state index in [9.17, 15) is 4.79 Å². The Hall–Kier alpha value is -0.350. The number of amides is 1. The second-order valence-electron chi connectivity index (χ2n) is 5.73. The molecule has 0 spiro atoms. The maximum absolute atomic E-state index is 12.6. The first-order valence-electron chi connectivity index (χ1n) is 6.88. The largest absolute Gasteiger partial charge is 0.338 e. The number of fused-ring (bicyclic) bond motifs is 2. The molecule has 0 N–H and O–H groups in total. The maximum atomic E-state index is 12.6. The molecular weight excluding hydrogens is 370 g/mol. The van der Waals surface area contributed by atoms with Crippen LogP contribution in [0.5, 0.6) is 0 Å². The average Bonchev–Trinajstić information content (AvgIpc) is 2.37. The number of piperidine rings is 1. The van der Waals surface area contributed by atoms with Crippen molar-refractivity contribution >= 4 is 37.8 Å². The van der Waals surface area contributed by atoms with Crippen LogP contribution < -0.4 is 0 Å². The van der Waals surface area contributed by atoms with Crippen LogP contribution in [0.3, 0.4) is 0 Å². The van der Waals surface area contributed by atoms with Crippen LogP contribution in [0.25, 0.3) is 0 Å². The Labute approximate surface area is 130 Å². The average molecular weight is 387 g/mol. The van der Waals surface area contributed by atoms with Crippen molar-refractivity contribution in [2.24, 2.45) is 11.8 Å². The maximum Gasteiger partial charge on any atom is 0.255 e. The van der Waals surface area contributed by atoms with Gasteiger partial charge in [0.05, 0.1) is 5.56 Å². The number of rotatable bonds is 1. The summed E-state index contributed by atoms with van der Waals surface area (Å²) in [5.74, 6) is 1.63. The molecule has 2 fully saturated rings. The van der Waals surface area contributed by atoms with Gasteiger partial charge in [0.25, 0.3) is 5.91 Å². The van der Waals surface area contributed by atoms with Crippen LogP contribution in [0.2, 0.25) is 0 Å². The van der Waals surface area contributed by atoms with E-state index in [0.29, 0.717) is 0 Å². The molecule has 1 aliphatic heterocycles. The van der Waals surface area contributed by atoms with E-state index < -0.39 is 0 Å². The van der Waals surface area contributed by atoms with Gasteiger partial charge in [-0.05, 0) is 65.2 Å². The topological polar surface area (TPSA) is 20.3 Å². The van der Waals surface area contributed by atoms with E-state index >= 15 is 0 Å². The lowest BCUT2D eigenvalue weighted by Crippen LogP contribution is -2.45. The molecule has 19 heavy (non-hydrogen) atoms. The third kappa shape index (κ3) is 2.89. The Morgan fingerprint density at radius 1 is 1.16 bits per heavy atom. The van der Waals surface area contributed by atoms with Crippen LogP contribution in [-0.2, 0) is 0 Å². The predicted molar refractivity (Wildman–Crippen MR) is 83.2 cm³/mol. The minimum absolute atomic E-state index is 0.177. The van der Waals surface area contributed by atoms with Crippen molar-refractivity contribution in [2.45, 2.75) is 25.7 Å². The molecule has 4 heteroatoms. The first-order chi connectivity index (χ1) is 9.13. The zero-order chi connectivity index (χ0) is 13.4. The fourth-order valence-corrected chi connectivity index (χ4v) is 4.65. The number of carbonyl (C=O) groups is 1. The summed E-state index contributed by atoms with van der Waals surface area (Å²) in [6.45, 7) is 1.88. The normalized spacial score (nSPS) is 26.3. The highest BCUT2D eigenvalue weighted by atomic mass is 79.9. The molecule has 1 aromatic carbocycles. The van der Waals surface area contributed by atoms with Gasteiger partial charge in [-0.15, -0.1) is 0 Å². The number of halogens is 2. The highest BCUT2D eigenvalue weighted by Gasteiger charge is 2.33. The Kier molecular flexibility index (Phi) is 3.99. The van der Waals surface area contributed by atoms with Crippen molar-refractivity contribution in [2.75, 3.05) is 13.1 Å². The lowest BCUT2D eigenvalue weighted by Gasteiger charge is -2.41. The molecular formula is C15H17Br2NO. The van der Waals surface area contributed by atoms with Crippen molar-refractivity contribution in [1.82, 2.24) is 4.90 Å². The van der Waals surface area contributed by atoms with Crippen LogP contribution in [0.4, 0.5) is 0 Å². The monoisotopic (exact) mass is 385 g/mol. The summed E-state index contributed by atoms with van der Waals surface area (Å²) in [5, 5.41) is 0. The first-order valence-corrected chi connectivity index (χ1v) is 8.46. The third-order valence-corrected chi connectivity index (χ3v) is 5.45. The molecule has 2 aliphatic rings. The van der Waals surface area contributed by atoms with Gasteiger partial charge in [-0.2, -0.15) is 0 Å². The molecule has 0 aromatic heterocycles. The highest BCUT2D eigenvalue weighted by Crippen LogP contribution is 2.35. The summed E-state index contributed by atoms with van der Waals surface area (Å²) >= 11 is 6.92. The van der Waals surface area contributed by atoms with Crippen molar-refractivity contribution in [3.8, 4) is 0 Å². The SMILES string of the molecule is O=C(c1ccc(Br)cc1Br)N1CC2CCCC(C2)C1. The van der Waals surface area contributed by atoms with Crippen molar-refractivity contribution in [3.05, 3.63) is 32.7 Å². The number of benzene rings is 1. The molecule has 1 amide bonds. The molecule has 2 bridgehead atoms. The highest BCUT2D eigenvalue weighted by molar-refractivity contribution is 9.11. The van der Waals surface area contributed by atoms with Gasteiger partial charge in [-0.3, -0.25) is 4.79 Å². The Balaban J connectivity index is 1.80. The van der Waals surface area contributed by atoms with Crippen molar-refractivity contribution < 1.29 is 4.79 Å². The zero-order valence-electron chi connectivity index (χ0n) is 10.7. The van der Waals surface area contributed by atoms with Crippen molar-refractivity contribution in [1.29, 1.82) is 0 Å². The van der Waals surface area contributed by atoms with Crippen LogP contribution in [-0.4, -0.2) is 23.9 Å². The van der Waals surface area contributed by atoms with E-state index in [4.69, 9.17) is 0 Å². The third-order valence-electron chi connectivity index (χ3n) is 4.30. The van der Waals surface area contributed by atoms with E-state index in [2.05, 4.69) is 36.8 Å². The smallest absolute Gasteiger partial charge is 0.255 e. The van der Waals surface area contributed by atoms with Gasteiger partial charge >= 0.3 is 0 Å². The Bertz CT molecular complexity index is 491. The van der Waals surface area contributed by atoms with Gasteiger partial charge in [-0.1, -0.05) is 22.4 Å². The van der Waals surface area contributed by atoms with Gasteiger partial charge in [0.1, 0.15) is 0 Å². The van der Waals surface area contributed by atoms with E-state index in [0.717, 1.165) is 39.4 Å². The summed E-state index contributed by atoms with van der Waals surface area (Å²) in [6.07, 6.45) is 5.26. The molecule has 1 aromatic rings. The predicted octanol–water partition coefficient (Wildman–Crippen LogP) is 4.47. The van der Waals surface area contributed by atoms with Crippen molar-refractivity contribution in [3.63, 3.8) is 0 Å². The molecule has 102 valence electrons. The van der Waals surface area contributed by atoms with Crippen LogP contribution >= 0.6 is 31.9 Å². The zero-order valence-corrected chi connectivity index (χ0v) is 13.9. The fraction of sp³-hybridized carbons (Fsp3) is 0.533. The van der Waals surface area contributed by atoms with Gasteiger partial charge in [0, 0.05) is 22.0 Å². The van der Waals surface area contributed by atoms with Crippen LogP contribution in [0.1, 0.15) is 36.0 Å². The number of nitrogens with zero attached hydrogens (tertiary/aromatic N) is 1. The minimum Gasteiger partial charge on any atom is -0.338 e. The van der Waals surface area contributed by atoms with Gasteiger partial charge in [-0.25, -0.2) is 0 Å². The number of likely N-dealkylation sites (tertiary alicyclic amines) is 1. The molecule has 1 saturated carbocycles. The molecule has 2 unspecified atom stereocenters. The molecule has 2 atom stereocenters. The second kappa shape index (κ2) is 5.57. The van der Waals surface area contributed by atoms with E-state index in [-0.39, 0.29) is 5.91 Å². The Morgan fingerprint density at radius 3 is 2.47 bits per heavy atom. The minimum atomic E-state index is 0.177. The summed E-state index contributed by atoms with van der Waals surface area (Å²) in [5.41, 5.74) is 0.781. The van der Waals surface area contributed by atoms with Crippen LogP contribution in [0, 0.1) is 11.8 Å². The molecule has 1 heterocycles. The first kappa shape index (κ1) is 13.6. The lowest BCUT2D eigenvalue weighted by atomic mass is 9.78. The summed E-state index contributed by atoms with van der Waals surface area (Å²) in [7, 11) is 0. The summed E-state index contributed by atoms with van der Waals surface area (Å²) in [6, 6.07) is 5.78.